The highest BCUT2D eigenvalue weighted by Gasteiger charge is 2.16. The highest BCUT2D eigenvalue weighted by Crippen LogP contribution is 2.16. The van der Waals surface area contributed by atoms with Gasteiger partial charge in [-0.25, -0.2) is 4.98 Å². The van der Waals surface area contributed by atoms with Crippen LogP contribution in [0.15, 0.2) is 18.3 Å². The van der Waals surface area contributed by atoms with Gasteiger partial charge in [-0.2, -0.15) is 4.98 Å². The molecule has 1 aliphatic rings. The lowest BCUT2D eigenvalue weighted by atomic mass is 10.1. The number of fused-ring (bicyclic) bond motifs is 1. The maximum absolute atomic E-state index is 5.77. The predicted molar refractivity (Wildman–Crippen MR) is 60.4 cm³/mol. The van der Waals surface area contributed by atoms with E-state index in [9.17, 15) is 0 Å². The average molecular weight is 218 g/mol. The number of ether oxygens (including phenoxy) is 1. The molecule has 1 fully saturated rings. The Bertz CT molecular complexity index is 443. The largest absolute Gasteiger partial charge is 0.460 e. The monoisotopic (exact) mass is 218 g/mol. The van der Waals surface area contributed by atoms with Crippen LogP contribution in [0.25, 0.3) is 11.2 Å². The fraction of sp³-hybridized carbons (Fsp3) is 0.455. The van der Waals surface area contributed by atoms with E-state index in [0.29, 0.717) is 11.7 Å². The van der Waals surface area contributed by atoms with Gasteiger partial charge in [0.15, 0.2) is 5.65 Å². The second-order valence-electron chi connectivity index (χ2n) is 4.00. The average Bonchev–Trinajstić information content (AvgIpc) is 2.72. The van der Waals surface area contributed by atoms with E-state index in [1.165, 1.54) is 0 Å². The number of pyridine rings is 1. The van der Waals surface area contributed by atoms with Crippen molar-refractivity contribution in [1.29, 1.82) is 0 Å². The Morgan fingerprint density at radius 2 is 2.44 bits per heavy atom. The molecule has 0 aliphatic carbocycles. The first-order valence-corrected chi connectivity index (χ1v) is 5.60. The van der Waals surface area contributed by atoms with E-state index < -0.39 is 0 Å². The molecule has 2 aromatic heterocycles. The number of nitrogens with one attached hydrogen (secondary N) is 2. The Kier molecular flexibility index (Phi) is 2.46. The molecule has 16 heavy (non-hydrogen) atoms. The zero-order valence-corrected chi connectivity index (χ0v) is 8.94. The summed E-state index contributed by atoms with van der Waals surface area (Å²) in [6.45, 7) is 1.98. The van der Waals surface area contributed by atoms with Gasteiger partial charge in [0.1, 0.15) is 6.10 Å². The maximum Gasteiger partial charge on any atom is 0.296 e. The van der Waals surface area contributed by atoms with Crippen molar-refractivity contribution < 1.29 is 4.74 Å². The fourth-order valence-electron chi connectivity index (χ4n) is 1.96. The first-order valence-electron chi connectivity index (χ1n) is 5.60. The Balaban J connectivity index is 1.78. The van der Waals surface area contributed by atoms with Crippen LogP contribution in [-0.2, 0) is 0 Å². The van der Waals surface area contributed by atoms with Crippen LogP contribution in [0.2, 0.25) is 0 Å². The summed E-state index contributed by atoms with van der Waals surface area (Å²) in [5.74, 6) is 0. The normalized spacial score (nSPS) is 21.1. The summed E-state index contributed by atoms with van der Waals surface area (Å²) in [5.41, 5.74) is 1.63. The van der Waals surface area contributed by atoms with Crippen molar-refractivity contribution in [1.82, 2.24) is 20.3 Å². The minimum Gasteiger partial charge on any atom is -0.460 e. The van der Waals surface area contributed by atoms with E-state index in [4.69, 9.17) is 4.74 Å². The molecule has 0 bridgehead atoms. The zero-order valence-electron chi connectivity index (χ0n) is 8.94. The summed E-state index contributed by atoms with van der Waals surface area (Å²) in [6.07, 6.45) is 4.18. The molecule has 2 aromatic rings. The third-order valence-electron chi connectivity index (χ3n) is 2.77. The van der Waals surface area contributed by atoms with Crippen molar-refractivity contribution in [2.45, 2.75) is 18.9 Å². The molecular weight excluding hydrogens is 204 g/mol. The van der Waals surface area contributed by atoms with Crippen LogP contribution in [0.4, 0.5) is 0 Å². The van der Waals surface area contributed by atoms with Gasteiger partial charge in [0.05, 0.1) is 5.52 Å². The van der Waals surface area contributed by atoms with Gasteiger partial charge in [0.2, 0.25) is 0 Å². The van der Waals surface area contributed by atoms with Crippen molar-refractivity contribution in [3.8, 4) is 6.01 Å². The van der Waals surface area contributed by atoms with Crippen LogP contribution >= 0.6 is 0 Å². The first kappa shape index (κ1) is 9.59. The Labute approximate surface area is 93.2 Å². The van der Waals surface area contributed by atoms with E-state index >= 15 is 0 Å². The molecule has 0 unspecified atom stereocenters. The van der Waals surface area contributed by atoms with Crippen LogP contribution in [0.3, 0.4) is 0 Å². The Morgan fingerprint density at radius 1 is 1.44 bits per heavy atom. The van der Waals surface area contributed by atoms with Gasteiger partial charge in [0.25, 0.3) is 6.01 Å². The second kappa shape index (κ2) is 4.09. The molecule has 0 aromatic carbocycles. The molecule has 0 amide bonds. The van der Waals surface area contributed by atoms with Crippen LogP contribution in [0, 0.1) is 0 Å². The van der Waals surface area contributed by atoms with Crippen molar-refractivity contribution in [3.63, 3.8) is 0 Å². The molecule has 5 heteroatoms. The molecule has 0 spiro atoms. The lowest BCUT2D eigenvalue weighted by Crippen LogP contribution is -2.37. The molecule has 5 nitrogen and oxygen atoms in total. The minimum atomic E-state index is 0.217. The van der Waals surface area contributed by atoms with Gasteiger partial charge in [-0.05, 0) is 31.5 Å². The van der Waals surface area contributed by atoms with Gasteiger partial charge in [0, 0.05) is 12.7 Å². The molecule has 1 saturated heterocycles. The van der Waals surface area contributed by atoms with E-state index in [0.717, 1.165) is 31.4 Å². The zero-order chi connectivity index (χ0) is 10.8. The number of aromatic nitrogens is 3. The third-order valence-corrected chi connectivity index (χ3v) is 2.77. The standard InChI is InChI=1S/C11H14N4O/c1-3-8(7-12-5-1)16-11-14-9-4-2-6-13-10(9)15-11/h2,4,6,8,12H,1,3,5,7H2,(H,13,14,15)/t8-/m1/s1. The fourth-order valence-corrected chi connectivity index (χ4v) is 1.96. The number of aromatic amines is 1. The van der Waals surface area contributed by atoms with Crippen LogP contribution < -0.4 is 10.1 Å². The number of H-pyrrole nitrogens is 1. The topological polar surface area (TPSA) is 62.8 Å². The number of imidazole rings is 1. The summed E-state index contributed by atoms with van der Waals surface area (Å²) in [7, 11) is 0. The number of nitrogens with zero attached hydrogens (tertiary/aromatic N) is 2. The summed E-state index contributed by atoms with van der Waals surface area (Å²) < 4.78 is 5.77. The lowest BCUT2D eigenvalue weighted by molar-refractivity contribution is 0.155. The first-order chi connectivity index (χ1) is 7.92. The molecule has 1 aliphatic heterocycles. The van der Waals surface area contributed by atoms with Crippen molar-refractivity contribution in [3.05, 3.63) is 18.3 Å². The lowest BCUT2D eigenvalue weighted by Gasteiger charge is -2.22. The van der Waals surface area contributed by atoms with Crippen LogP contribution in [0.5, 0.6) is 6.01 Å². The van der Waals surface area contributed by atoms with Gasteiger partial charge in [-0.3, -0.25) is 0 Å². The summed E-state index contributed by atoms with van der Waals surface area (Å²) in [4.78, 5) is 11.6. The van der Waals surface area contributed by atoms with E-state index in [-0.39, 0.29) is 6.10 Å². The van der Waals surface area contributed by atoms with E-state index in [1.54, 1.807) is 6.20 Å². The van der Waals surface area contributed by atoms with Crippen molar-refractivity contribution in [2.24, 2.45) is 0 Å². The number of piperidine rings is 1. The Morgan fingerprint density at radius 3 is 3.25 bits per heavy atom. The highest BCUT2D eigenvalue weighted by molar-refractivity contribution is 5.70. The molecule has 1 atom stereocenters. The van der Waals surface area contributed by atoms with E-state index in [1.807, 2.05) is 12.1 Å². The second-order valence-corrected chi connectivity index (χ2v) is 4.00. The van der Waals surface area contributed by atoms with Crippen LogP contribution in [-0.4, -0.2) is 34.1 Å². The number of rotatable bonds is 2. The number of hydrogen-bond acceptors (Lipinski definition) is 4. The Hall–Kier alpha value is -1.62. The van der Waals surface area contributed by atoms with Crippen molar-refractivity contribution in [2.75, 3.05) is 13.1 Å². The minimum absolute atomic E-state index is 0.217. The van der Waals surface area contributed by atoms with E-state index in [2.05, 4.69) is 20.3 Å². The molecule has 2 N–H and O–H groups in total. The highest BCUT2D eigenvalue weighted by atomic mass is 16.5. The summed E-state index contributed by atoms with van der Waals surface area (Å²) in [5, 5.41) is 3.31. The smallest absolute Gasteiger partial charge is 0.296 e. The number of hydrogen-bond donors (Lipinski definition) is 2. The van der Waals surface area contributed by atoms with Crippen LogP contribution in [0.1, 0.15) is 12.8 Å². The summed E-state index contributed by atoms with van der Waals surface area (Å²) in [6, 6.07) is 4.40. The third kappa shape index (κ3) is 1.86. The molecule has 0 saturated carbocycles. The maximum atomic E-state index is 5.77. The van der Waals surface area contributed by atoms with Gasteiger partial charge < -0.3 is 15.0 Å². The molecular formula is C11H14N4O. The predicted octanol–water partition coefficient (Wildman–Crippen LogP) is 1.09. The van der Waals surface area contributed by atoms with Gasteiger partial charge in [-0.15, -0.1) is 0 Å². The molecule has 3 rings (SSSR count). The molecule has 84 valence electrons. The van der Waals surface area contributed by atoms with Gasteiger partial charge >= 0.3 is 0 Å². The molecule has 3 heterocycles. The van der Waals surface area contributed by atoms with Gasteiger partial charge in [-0.1, -0.05) is 0 Å². The quantitative estimate of drug-likeness (QED) is 0.792. The SMILES string of the molecule is c1cnc2nc(O[C@@H]3CCCNC3)[nH]c2c1. The van der Waals surface area contributed by atoms with Crippen molar-refractivity contribution >= 4 is 11.2 Å². The molecule has 0 radical (unpaired) electrons. The summed E-state index contributed by atoms with van der Waals surface area (Å²) >= 11 is 0.